The van der Waals surface area contributed by atoms with E-state index in [1.54, 1.807) is 35.3 Å². The Balaban J connectivity index is 1.98. The van der Waals surface area contributed by atoms with Gasteiger partial charge in [-0.05, 0) is 18.2 Å². The molecule has 0 radical (unpaired) electrons. The highest BCUT2D eigenvalue weighted by Crippen LogP contribution is 2.10. The van der Waals surface area contributed by atoms with Crippen LogP contribution in [0.2, 0.25) is 0 Å². The summed E-state index contributed by atoms with van der Waals surface area (Å²) in [5.74, 6) is 0.163. The lowest BCUT2D eigenvalue weighted by atomic mass is 10.4. The lowest BCUT2D eigenvalue weighted by molar-refractivity contribution is 0.0396. The molecule has 2 heterocycles. The van der Waals surface area contributed by atoms with E-state index in [0.29, 0.717) is 12.3 Å². The number of aliphatic hydroxyl groups is 1. The number of esters is 1. The van der Waals surface area contributed by atoms with Gasteiger partial charge in [0.2, 0.25) is 5.76 Å². The Kier molecular flexibility index (Phi) is 3.56. The predicted molar refractivity (Wildman–Crippen MR) is 57.4 cm³/mol. The molecule has 0 aliphatic rings. The number of ether oxygens (including phenoxy) is 1. The zero-order chi connectivity index (χ0) is 12.1. The van der Waals surface area contributed by atoms with Gasteiger partial charge in [0.25, 0.3) is 0 Å². The van der Waals surface area contributed by atoms with Crippen molar-refractivity contribution in [2.45, 2.75) is 6.54 Å². The molecule has 0 spiro atoms. The highest BCUT2D eigenvalue weighted by Gasteiger charge is 2.12. The fraction of sp³-hybridized carbons (Fsp3) is 0.273. The first kappa shape index (κ1) is 11.4. The van der Waals surface area contributed by atoms with Gasteiger partial charge in [-0.3, -0.25) is 4.68 Å². The number of nitrogens with zero attached hydrogens (tertiary/aromatic N) is 2. The van der Waals surface area contributed by atoms with E-state index in [9.17, 15) is 4.79 Å². The topological polar surface area (TPSA) is 77.5 Å². The summed E-state index contributed by atoms with van der Waals surface area (Å²) in [4.78, 5) is 11.4. The second-order valence-electron chi connectivity index (χ2n) is 3.33. The first-order valence-electron chi connectivity index (χ1n) is 5.13. The third-order valence-corrected chi connectivity index (χ3v) is 2.06. The average molecular weight is 236 g/mol. The SMILES string of the molecule is O=C(OCCO)c1ccc(Cn2cccn2)o1. The summed E-state index contributed by atoms with van der Waals surface area (Å²) in [6.07, 6.45) is 3.46. The van der Waals surface area contributed by atoms with Gasteiger partial charge in [-0.25, -0.2) is 4.79 Å². The molecule has 17 heavy (non-hydrogen) atoms. The zero-order valence-corrected chi connectivity index (χ0v) is 9.07. The van der Waals surface area contributed by atoms with Crippen LogP contribution in [0.25, 0.3) is 0 Å². The van der Waals surface area contributed by atoms with Gasteiger partial charge in [-0.1, -0.05) is 0 Å². The number of rotatable bonds is 5. The molecular formula is C11H12N2O4. The summed E-state index contributed by atoms with van der Waals surface area (Å²) in [5, 5.41) is 12.5. The molecule has 0 atom stereocenters. The molecule has 0 aliphatic heterocycles. The minimum Gasteiger partial charge on any atom is -0.457 e. The highest BCUT2D eigenvalue weighted by molar-refractivity contribution is 5.86. The maximum atomic E-state index is 11.4. The number of aromatic nitrogens is 2. The maximum Gasteiger partial charge on any atom is 0.374 e. The molecule has 2 rings (SSSR count). The second-order valence-corrected chi connectivity index (χ2v) is 3.33. The van der Waals surface area contributed by atoms with Gasteiger partial charge >= 0.3 is 5.97 Å². The van der Waals surface area contributed by atoms with E-state index < -0.39 is 5.97 Å². The van der Waals surface area contributed by atoms with Crippen molar-refractivity contribution in [3.63, 3.8) is 0 Å². The van der Waals surface area contributed by atoms with Crippen LogP contribution in [-0.2, 0) is 11.3 Å². The van der Waals surface area contributed by atoms with Gasteiger partial charge in [0.05, 0.1) is 13.2 Å². The fourth-order valence-corrected chi connectivity index (χ4v) is 1.34. The molecule has 0 aromatic carbocycles. The number of hydrogen-bond donors (Lipinski definition) is 1. The van der Waals surface area contributed by atoms with Crippen molar-refractivity contribution in [1.82, 2.24) is 9.78 Å². The molecule has 0 aliphatic carbocycles. The van der Waals surface area contributed by atoms with Crippen LogP contribution < -0.4 is 0 Å². The second kappa shape index (κ2) is 5.31. The summed E-state index contributed by atoms with van der Waals surface area (Å²) in [6.45, 7) is 0.223. The van der Waals surface area contributed by atoms with Crippen LogP contribution in [-0.4, -0.2) is 34.1 Å². The third-order valence-electron chi connectivity index (χ3n) is 2.06. The van der Waals surface area contributed by atoms with E-state index in [2.05, 4.69) is 5.10 Å². The summed E-state index contributed by atoms with van der Waals surface area (Å²) >= 11 is 0. The largest absolute Gasteiger partial charge is 0.457 e. The Morgan fingerprint density at radius 2 is 2.41 bits per heavy atom. The Labute approximate surface area is 97.4 Å². The van der Waals surface area contributed by atoms with E-state index in [4.69, 9.17) is 14.3 Å². The van der Waals surface area contributed by atoms with Gasteiger partial charge in [-0.15, -0.1) is 0 Å². The molecule has 90 valence electrons. The number of carbonyl (C=O) groups is 1. The Bertz CT molecular complexity index is 475. The van der Waals surface area contributed by atoms with Crippen LogP contribution in [0.1, 0.15) is 16.3 Å². The molecule has 6 nitrogen and oxygen atoms in total. The third kappa shape index (κ3) is 2.94. The number of carbonyl (C=O) groups excluding carboxylic acids is 1. The zero-order valence-electron chi connectivity index (χ0n) is 9.07. The highest BCUT2D eigenvalue weighted by atomic mass is 16.6. The van der Waals surface area contributed by atoms with Crippen molar-refractivity contribution in [2.75, 3.05) is 13.2 Å². The number of furan rings is 1. The summed E-state index contributed by atoms with van der Waals surface area (Å²) in [7, 11) is 0. The van der Waals surface area contributed by atoms with Crippen molar-refractivity contribution in [1.29, 1.82) is 0 Å². The first-order chi connectivity index (χ1) is 8.29. The molecule has 2 aromatic rings. The van der Waals surface area contributed by atoms with Gasteiger partial charge in [-0.2, -0.15) is 5.10 Å². The van der Waals surface area contributed by atoms with Crippen LogP contribution >= 0.6 is 0 Å². The monoisotopic (exact) mass is 236 g/mol. The van der Waals surface area contributed by atoms with E-state index in [-0.39, 0.29) is 19.0 Å². The Hall–Kier alpha value is -2.08. The Morgan fingerprint density at radius 1 is 1.53 bits per heavy atom. The molecule has 6 heteroatoms. The predicted octanol–water partition coefficient (Wildman–Crippen LogP) is 0.673. The van der Waals surface area contributed by atoms with Gasteiger partial charge < -0.3 is 14.3 Å². The van der Waals surface area contributed by atoms with E-state index >= 15 is 0 Å². The van der Waals surface area contributed by atoms with E-state index in [1.807, 2.05) is 0 Å². The summed E-state index contributed by atoms with van der Waals surface area (Å²) in [6, 6.07) is 5.04. The van der Waals surface area contributed by atoms with Crippen molar-refractivity contribution in [3.8, 4) is 0 Å². The molecular weight excluding hydrogens is 224 g/mol. The first-order valence-corrected chi connectivity index (χ1v) is 5.13. The van der Waals surface area contributed by atoms with Crippen molar-refractivity contribution < 1.29 is 19.1 Å². The Morgan fingerprint density at radius 3 is 3.12 bits per heavy atom. The van der Waals surface area contributed by atoms with Gasteiger partial charge in [0, 0.05) is 12.4 Å². The van der Waals surface area contributed by atoms with Crippen molar-refractivity contribution >= 4 is 5.97 Å². The lowest BCUT2D eigenvalue weighted by Gasteiger charge is -1.99. The molecule has 1 N–H and O–H groups in total. The molecule has 0 amide bonds. The standard InChI is InChI=1S/C11H12N2O4/c14-6-7-16-11(15)10-3-2-9(17-10)8-13-5-1-4-12-13/h1-5,14H,6-8H2. The molecule has 0 fully saturated rings. The lowest BCUT2D eigenvalue weighted by Crippen LogP contribution is -2.07. The van der Waals surface area contributed by atoms with Crippen LogP contribution in [0, 0.1) is 0 Å². The van der Waals surface area contributed by atoms with Crippen molar-refractivity contribution in [3.05, 3.63) is 42.1 Å². The normalized spacial score (nSPS) is 10.4. The maximum absolute atomic E-state index is 11.4. The van der Waals surface area contributed by atoms with Crippen LogP contribution in [0.5, 0.6) is 0 Å². The summed E-state index contributed by atoms with van der Waals surface area (Å²) in [5.41, 5.74) is 0. The van der Waals surface area contributed by atoms with E-state index in [1.165, 1.54) is 0 Å². The number of hydrogen-bond acceptors (Lipinski definition) is 5. The molecule has 0 unspecified atom stereocenters. The quantitative estimate of drug-likeness (QED) is 0.772. The van der Waals surface area contributed by atoms with Crippen molar-refractivity contribution in [2.24, 2.45) is 0 Å². The molecule has 0 saturated carbocycles. The minimum absolute atomic E-state index is 0.0337. The summed E-state index contributed by atoms with van der Waals surface area (Å²) < 4.78 is 11.7. The van der Waals surface area contributed by atoms with Crippen LogP contribution in [0.4, 0.5) is 0 Å². The van der Waals surface area contributed by atoms with E-state index in [0.717, 1.165) is 0 Å². The van der Waals surface area contributed by atoms with Gasteiger partial charge in [0.15, 0.2) is 0 Å². The molecule has 0 bridgehead atoms. The molecule has 2 aromatic heterocycles. The van der Waals surface area contributed by atoms with Crippen LogP contribution in [0.3, 0.4) is 0 Å². The molecule has 0 saturated heterocycles. The fourth-order valence-electron chi connectivity index (χ4n) is 1.34. The smallest absolute Gasteiger partial charge is 0.374 e. The van der Waals surface area contributed by atoms with Gasteiger partial charge in [0.1, 0.15) is 12.4 Å². The number of aliphatic hydroxyl groups excluding tert-OH is 1. The van der Waals surface area contributed by atoms with Crippen LogP contribution in [0.15, 0.2) is 35.0 Å². The average Bonchev–Trinajstić information content (AvgIpc) is 2.98. The minimum atomic E-state index is -0.578.